The molecule has 1 unspecified atom stereocenters. The first-order chi connectivity index (χ1) is 17.5. The maximum absolute atomic E-state index is 13.8. The number of ether oxygens (including phenoxy) is 3. The van der Waals surface area contributed by atoms with E-state index in [-0.39, 0.29) is 12.2 Å². The number of allylic oxidation sites excluding steroid dienone is 1. The van der Waals surface area contributed by atoms with Gasteiger partial charge in [0.25, 0.3) is 5.56 Å². The summed E-state index contributed by atoms with van der Waals surface area (Å²) in [5.41, 5.74) is 2.02. The van der Waals surface area contributed by atoms with Crippen LogP contribution in [0.2, 0.25) is 0 Å². The van der Waals surface area contributed by atoms with Crippen LogP contribution < -0.4 is 24.4 Å². The standard InChI is InChI=1S/C28H28N2O5S/c1-5-16-35-21-14-10-8-12-19(21)17-23-26(31)30-25(20-13-9-11-15-22(20)33-6-2)24(27(32)34-7-3)18(4)29-28(30)36-23/h5,8-15,17,25H,1,6-7,16H2,2-4H3/b23-17+. The molecule has 3 aromatic rings. The molecule has 0 N–H and O–H groups in total. The van der Waals surface area contributed by atoms with Gasteiger partial charge in [-0.25, -0.2) is 9.79 Å². The molecule has 36 heavy (non-hydrogen) atoms. The molecule has 2 heterocycles. The van der Waals surface area contributed by atoms with Gasteiger partial charge >= 0.3 is 5.97 Å². The van der Waals surface area contributed by atoms with Crippen LogP contribution in [0.1, 0.15) is 37.9 Å². The molecule has 2 aromatic carbocycles. The van der Waals surface area contributed by atoms with E-state index < -0.39 is 12.0 Å². The van der Waals surface area contributed by atoms with Gasteiger partial charge in [-0.3, -0.25) is 9.36 Å². The topological polar surface area (TPSA) is 79.1 Å². The van der Waals surface area contributed by atoms with Crippen molar-refractivity contribution in [1.82, 2.24) is 4.57 Å². The second-order valence-electron chi connectivity index (χ2n) is 7.91. The van der Waals surface area contributed by atoms with E-state index in [1.54, 1.807) is 30.6 Å². The van der Waals surface area contributed by atoms with Gasteiger partial charge in [0.15, 0.2) is 4.80 Å². The number of carbonyl (C=O) groups is 1. The van der Waals surface area contributed by atoms with Crippen molar-refractivity contribution >= 4 is 23.4 Å². The highest BCUT2D eigenvalue weighted by Gasteiger charge is 2.35. The molecule has 0 saturated carbocycles. The van der Waals surface area contributed by atoms with Gasteiger partial charge in [-0.1, -0.05) is 60.4 Å². The molecule has 8 heteroatoms. The first-order valence-electron chi connectivity index (χ1n) is 11.7. The second-order valence-corrected chi connectivity index (χ2v) is 8.92. The molecule has 0 saturated heterocycles. The fourth-order valence-corrected chi connectivity index (χ4v) is 5.14. The molecule has 4 rings (SSSR count). The molecule has 0 spiro atoms. The van der Waals surface area contributed by atoms with Crippen LogP contribution in [0.15, 0.2) is 82.2 Å². The first kappa shape index (κ1) is 25.2. The Hall–Kier alpha value is -3.91. The van der Waals surface area contributed by atoms with Gasteiger partial charge in [-0.05, 0) is 39.0 Å². The van der Waals surface area contributed by atoms with Crippen LogP contribution in [0.3, 0.4) is 0 Å². The summed E-state index contributed by atoms with van der Waals surface area (Å²) >= 11 is 1.26. The van der Waals surface area contributed by atoms with Crippen LogP contribution >= 0.6 is 11.3 Å². The summed E-state index contributed by atoms with van der Waals surface area (Å²) in [6, 6.07) is 14.2. The Bertz CT molecular complexity index is 1500. The third-order valence-corrected chi connectivity index (χ3v) is 6.58. The minimum Gasteiger partial charge on any atom is -0.494 e. The highest BCUT2D eigenvalue weighted by molar-refractivity contribution is 7.07. The van der Waals surface area contributed by atoms with Crippen LogP contribution in [-0.2, 0) is 9.53 Å². The molecule has 7 nitrogen and oxygen atoms in total. The summed E-state index contributed by atoms with van der Waals surface area (Å²) in [5.74, 6) is 0.733. The summed E-state index contributed by atoms with van der Waals surface area (Å²) in [4.78, 5) is 32.1. The molecule has 186 valence electrons. The van der Waals surface area contributed by atoms with Crippen molar-refractivity contribution < 1.29 is 19.0 Å². The highest BCUT2D eigenvalue weighted by atomic mass is 32.1. The molecule has 0 amide bonds. The third-order valence-electron chi connectivity index (χ3n) is 5.59. The largest absolute Gasteiger partial charge is 0.494 e. The monoisotopic (exact) mass is 504 g/mol. The summed E-state index contributed by atoms with van der Waals surface area (Å²) < 4.78 is 19.0. The SMILES string of the molecule is C=CCOc1ccccc1/C=c1/sc2n(c1=O)C(c1ccccc1OCC)C(C(=O)OCC)=C(C)N=2. The van der Waals surface area contributed by atoms with Gasteiger partial charge in [0.1, 0.15) is 24.1 Å². The number of rotatable bonds is 9. The fraction of sp³-hybridized carbons (Fsp3) is 0.250. The van der Waals surface area contributed by atoms with Crippen molar-refractivity contribution in [3.05, 3.63) is 103 Å². The Kier molecular flexibility index (Phi) is 7.85. The summed E-state index contributed by atoms with van der Waals surface area (Å²) in [6.45, 7) is 10.1. The molecule has 0 radical (unpaired) electrons. The van der Waals surface area contributed by atoms with Crippen LogP contribution in [0.4, 0.5) is 0 Å². The van der Waals surface area contributed by atoms with E-state index in [1.165, 1.54) is 11.3 Å². The smallest absolute Gasteiger partial charge is 0.338 e. The predicted octanol–water partition coefficient (Wildman–Crippen LogP) is 3.76. The number of fused-ring (bicyclic) bond motifs is 1. The lowest BCUT2D eigenvalue weighted by Crippen LogP contribution is -2.40. The molecule has 0 aliphatic carbocycles. The van der Waals surface area contributed by atoms with E-state index in [2.05, 4.69) is 11.6 Å². The van der Waals surface area contributed by atoms with Crippen LogP contribution in [0.5, 0.6) is 11.5 Å². The first-order valence-corrected chi connectivity index (χ1v) is 12.6. The molecular weight excluding hydrogens is 476 g/mol. The molecular formula is C28H28N2O5S. The molecule has 1 aliphatic heterocycles. The molecule has 1 aromatic heterocycles. The molecule has 0 bridgehead atoms. The average molecular weight is 505 g/mol. The van der Waals surface area contributed by atoms with Gasteiger partial charge in [-0.15, -0.1) is 0 Å². The summed E-state index contributed by atoms with van der Waals surface area (Å²) in [7, 11) is 0. The molecule has 0 fully saturated rings. The van der Waals surface area contributed by atoms with E-state index in [4.69, 9.17) is 14.2 Å². The number of para-hydroxylation sites is 2. The fourth-order valence-electron chi connectivity index (χ4n) is 4.10. The van der Waals surface area contributed by atoms with Crippen LogP contribution in [0.25, 0.3) is 6.08 Å². The van der Waals surface area contributed by atoms with E-state index in [0.717, 1.165) is 5.56 Å². The zero-order valence-corrected chi connectivity index (χ0v) is 21.3. The van der Waals surface area contributed by atoms with E-state index >= 15 is 0 Å². The number of esters is 1. The van der Waals surface area contributed by atoms with Crippen molar-refractivity contribution in [3.63, 3.8) is 0 Å². The van der Waals surface area contributed by atoms with Crippen molar-refractivity contribution in [2.45, 2.75) is 26.8 Å². The number of hydrogen-bond acceptors (Lipinski definition) is 7. The van der Waals surface area contributed by atoms with Crippen LogP contribution in [-0.4, -0.2) is 30.4 Å². The Morgan fingerprint density at radius 1 is 1.08 bits per heavy atom. The Morgan fingerprint density at radius 3 is 2.53 bits per heavy atom. The zero-order valence-electron chi connectivity index (χ0n) is 20.5. The Labute approximate surface area is 213 Å². The average Bonchev–Trinajstić information content (AvgIpc) is 3.17. The Balaban J connectivity index is 1.96. The second kappa shape index (κ2) is 11.2. The number of hydrogen-bond donors (Lipinski definition) is 0. The zero-order chi connectivity index (χ0) is 25.7. The van der Waals surface area contributed by atoms with Gasteiger partial charge in [-0.2, -0.15) is 0 Å². The van der Waals surface area contributed by atoms with Crippen molar-refractivity contribution in [2.24, 2.45) is 4.99 Å². The van der Waals surface area contributed by atoms with Gasteiger partial charge in [0, 0.05) is 11.1 Å². The normalized spacial score (nSPS) is 15.2. The van der Waals surface area contributed by atoms with Crippen molar-refractivity contribution in [1.29, 1.82) is 0 Å². The number of thiazole rings is 1. The summed E-state index contributed by atoms with van der Waals surface area (Å²) in [5, 5.41) is 0. The van der Waals surface area contributed by atoms with E-state index in [1.807, 2.05) is 55.5 Å². The number of aromatic nitrogens is 1. The quantitative estimate of drug-likeness (QED) is 0.328. The molecule has 1 atom stereocenters. The van der Waals surface area contributed by atoms with Gasteiger partial charge in [0.05, 0.1) is 29.0 Å². The minimum atomic E-state index is -0.738. The highest BCUT2D eigenvalue weighted by Crippen LogP contribution is 2.35. The number of benzene rings is 2. The maximum Gasteiger partial charge on any atom is 0.338 e. The minimum absolute atomic E-state index is 0.210. The van der Waals surface area contributed by atoms with Gasteiger partial charge < -0.3 is 14.2 Å². The molecule has 1 aliphatic rings. The summed E-state index contributed by atoms with van der Waals surface area (Å²) in [6.07, 6.45) is 3.46. The van der Waals surface area contributed by atoms with Crippen molar-refractivity contribution in [2.75, 3.05) is 19.8 Å². The Morgan fingerprint density at radius 2 is 1.81 bits per heavy atom. The predicted molar refractivity (Wildman–Crippen MR) is 140 cm³/mol. The van der Waals surface area contributed by atoms with Crippen LogP contribution in [0, 0.1) is 0 Å². The lowest BCUT2D eigenvalue weighted by atomic mass is 9.95. The number of carbonyl (C=O) groups excluding carboxylic acids is 1. The van der Waals surface area contributed by atoms with Gasteiger partial charge in [0.2, 0.25) is 0 Å². The third kappa shape index (κ3) is 4.90. The lowest BCUT2D eigenvalue weighted by Gasteiger charge is -2.26. The van der Waals surface area contributed by atoms with Crippen molar-refractivity contribution in [3.8, 4) is 11.5 Å². The van der Waals surface area contributed by atoms with E-state index in [0.29, 0.717) is 50.9 Å². The van der Waals surface area contributed by atoms with E-state index in [9.17, 15) is 9.59 Å². The number of nitrogens with zero attached hydrogens (tertiary/aromatic N) is 2. The maximum atomic E-state index is 13.8. The lowest BCUT2D eigenvalue weighted by molar-refractivity contribution is -0.139.